The van der Waals surface area contributed by atoms with Crippen LogP contribution in [0.15, 0.2) is 106 Å². The molecule has 1 atom stereocenters. The summed E-state index contributed by atoms with van der Waals surface area (Å²) in [6.45, 7) is 3.39. The third-order valence-corrected chi connectivity index (χ3v) is 9.81. The maximum atomic E-state index is 14.3. The molecule has 0 saturated carbocycles. The number of hydrogen-bond donors (Lipinski definition) is 1. The summed E-state index contributed by atoms with van der Waals surface area (Å²) >= 11 is 9.48. The van der Waals surface area contributed by atoms with E-state index >= 15 is 0 Å². The number of anilines is 1. The number of carbonyl (C=O) groups excluding carboxylic acids is 2. The van der Waals surface area contributed by atoms with Gasteiger partial charge in [-0.3, -0.25) is 13.9 Å². The van der Waals surface area contributed by atoms with Crippen LogP contribution in [0.3, 0.4) is 0 Å². The predicted octanol–water partition coefficient (Wildman–Crippen LogP) is 6.30. The molecule has 4 aromatic rings. The van der Waals surface area contributed by atoms with Crippen molar-refractivity contribution in [3.05, 3.63) is 129 Å². The van der Waals surface area contributed by atoms with Crippen LogP contribution in [0, 0.1) is 13.8 Å². The summed E-state index contributed by atoms with van der Waals surface area (Å²) in [7, 11) is -2.67. The van der Waals surface area contributed by atoms with Gasteiger partial charge in [-0.05, 0) is 84.6 Å². The minimum atomic E-state index is -4.20. The molecule has 0 aliphatic heterocycles. The molecule has 1 N–H and O–H groups in total. The van der Waals surface area contributed by atoms with Gasteiger partial charge in [0.05, 0.1) is 10.6 Å². The Morgan fingerprint density at radius 1 is 0.860 bits per heavy atom. The van der Waals surface area contributed by atoms with Gasteiger partial charge >= 0.3 is 0 Å². The van der Waals surface area contributed by atoms with E-state index in [0.717, 1.165) is 31.0 Å². The molecule has 0 saturated heterocycles. The second-order valence-corrected chi connectivity index (χ2v) is 13.4. The van der Waals surface area contributed by atoms with Crippen molar-refractivity contribution in [2.75, 3.05) is 17.9 Å². The molecule has 0 heterocycles. The van der Waals surface area contributed by atoms with Crippen molar-refractivity contribution in [1.29, 1.82) is 0 Å². The maximum Gasteiger partial charge on any atom is 0.264 e. The van der Waals surface area contributed by atoms with E-state index in [2.05, 4.69) is 21.2 Å². The van der Waals surface area contributed by atoms with Crippen molar-refractivity contribution in [2.24, 2.45) is 0 Å². The molecule has 0 spiro atoms. The SMILES string of the molecule is CNC(=O)[C@@H](Cc1ccccc1)N(Cc1ccc(Br)cc1)C(=O)CN(c1ccc(C)c(C)c1)S(=O)(=O)c1ccc(Cl)cc1. The molecule has 7 nitrogen and oxygen atoms in total. The lowest BCUT2D eigenvalue weighted by atomic mass is 10.0. The first-order valence-corrected chi connectivity index (χ1v) is 16.3. The van der Waals surface area contributed by atoms with Gasteiger partial charge in [-0.15, -0.1) is 0 Å². The highest BCUT2D eigenvalue weighted by Gasteiger charge is 2.34. The Bertz CT molecular complexity index is 1680. The van der Waals surface area contributed by atoms with Crippen molar-refractivity contribution < 1.29 is 18.0 Å². The number of likely N-dealkylation sites (N-methyl/N-ethyl adjacent to an activating group) is 1. The third kappa shape index (κ3) is 8.04. The molecule has 0 aliphatic carbocycles. The lowest BCUT2D eigenvalue weighted by Crippen LogP contribution is -2.53. The Morgan fingerprint density at radius 2 is 1.51 bits per heavy atom. The van der Waals surface area contributed by atoms with Crippen LogP contribution in [0.2, 0.25) is 5.02 Å². The Hall–Kier alpha value is -3.66. The number of nitrogens with zero attached hydrogens (tertiary/aromatic N) is 2. The minimum Gasteiger partial charge on any atom is -0.357 e. The van der Waals surface area contributed by atoms with E-state index in [1.807, 2.05) is 74.5 Å². The molecule has 0 fully saturated rings. The quantitative estimate of drug-likeness (QED) is 0.201. The fourth-order valence-corrected chi connectivity index (χ4v) is 6.45. The minimum absolute atomic E-state index is 0.00507. The molecule has 10 heteroatoms. The number of halogens is 2. The Labute approximate surface area is 266 Å². The van der Waals surface area contributed by atoms with Gasteiger partial charge in [0, 0.05) is 29.5 Å². The summed E-state index contributed by atoms with van der Waals surface area (Å²) in [5.74, 6) is -0.879. The van der Waals surface area contributed by atoms with Crippen LogP contribution in [0.1, 0.15) is 22.3 Å². The lowest BCUT2D eigenvalue weighted by molar-refractivity contribution is -0.139. The van der Waals surface area contributed by atoms with Crippen LogP contribution in [0.25, 0.3) is 0 Å². The number of carbonyl (C=O) groups is 2. The Balaban J connectivity index is 1.80. The van der Waals surface area contributed by atoms with E-state index in [4.69, 9.17) is 11.6 Å². The van der Waals surface area contributed by atoms with E-state index in [1.54, 1.807) is 12.1 Å². The second kappa shape index (κ2) is 14.2. The number of rotatable bonds is 11. The first kappa shape index (κ1) is 32.3. The normalized spacial score (nSPS) is 11.9. The van der Waals surface area contributed by atoms with Gasteiger partial charge in [-0.1, -0.05) is 76.1 Å². The zero-order valence-electron chi connectivity index (χ0n) is 24.1. The van der Waals surface area contributed by atoms with Crippen LogP contribution in [0.4, 0.5) is 5.69 Å². The smallest absolute Gasteiger partial charge is 0.264 e. The van der Waals surface area contributed by atoms with Gasteiger partial charge in [0.2, 0.25) is 11.8 Å². The number of benzene rings is 4. The summed E-state index contributed by atoms with van der Waals surface area (Å²) in [4.78, 5) is 29.1. The molecular formula is C33H33BrClN3O4S. The van der Waals surface area contributed by atoms with Gasteiger partial charge < -0.3 is 10.2 Å². The molecule has 4 rings (SSSR count). The van der Waals surface area contributed by atoms with Crippen molar-refractivity contribution in [3.8, 4) is 0 Å². The first-order chi connectivity index (χ1) is 20.5. The van der Waals surface area contributed by atoms with Crippen LogP contribution >= 0.6 is 27.5 Å². The molecule has 0 aromatic heterocycles. The lowest BCUT2D eigenvalue weighted by Gasteiger charge is -2.33. The average Bonchev–Trinajstić information content (AvgIpc) is 3.00. The van der Waals surface area contributed by atoms with Crippen molar-refractivity contribution in [2.45, 2.75) is 37.8 Å². The Kier molecular flexibility index (Phi) is 10.7. The predicted molar refractivity (Wildman–Crippen MR) is 175 cm³/mol. The zero-order chi connectivity index (χ0) is 31.1. The molecule has 43 heavy (non-hydrogen) atoms. The highest BCUT2D eigenvalue weighted by atomic mass is 79.9. The third-order valence-electron chi connectivity index (χ3n) is 7.24. The summed E-state index contributed by atoms with van der Waals surface area (Å²) in [6.07, 6.45) is 0.246. The van der Waals surface area contributed by atoms with Crippen molar-refractivity contribution in [1.82, 2.24) is 10.2 Å². The van der Waals surface area contributed by atoms with Crippen LogP contribution in [-0.4, -0.2) is 44.8 Å². The summed E-state index contributed by atoms with van der Waals surface area (Å²) in [5.41, 5.74) is 3.86. The second-order valence-electron chi connectivity index (χ2n) is 10.2. The van der Waals surface area contributed by atoms with Gasteiger partial charge in [0.25, 0.3) is 10.0 Å². The molecule has 2 amide bonds. The van der Waals surface area contributed by atoms with Crippen molar-refractivity contribution >= 4 is 55.1 Å². The van der Waals surface area contributed by atoms with Gasteiger partial charge in [-0.25, -0.2) is 8.42 Å². The number of aryl methyl sites for hydroxylation is 2. The topological polar surface area (TPSA) is 86.8 Å². The summed E-state index contributed by atoms with van der Waals surface area (Å²) in [5, 5.41) is 3.08. The van der Waals surface area contributed by atoms with E-state index in [1.165, 1.54) is 36.2 Å². The molecule has 4 aromatic carbocycles. The van der Waals surface area contributed by atoms with Gasteiger partial charge in [-0.2, -0.15) is 0 Å². The van der Waals surface area contributed by atoms with Gasteiger partial charge in [0.15, 0.2) is 0 Å². The number of amides is 2. The number of sulfonamides is 1. The molecule has 224 valence electrons. The standard InChI is InChI=1S/C33H33BrClN3O4S/c1-23-9-16-29(19-24(23)2)38(43(41,42)30-17-14-28(35)15-18-30)22-32(39)37(21-26-10-12-27(34)13-11-26)31(33(40)36-3)20-25-7-5-4-6-8-25/h4-19,31H,20-22H2,1-3H3,(H,36,40)/t31-/m1/s1. The van der Waals surface area contributed by atoms with Crippen LogP contribution in [-0.2, 0) is 32.6 Å². The fourth-order valence-electron chi connectivity index (χ4n) is 4.65. The highest BCUT2D eigenvalue weighted by molar-refractivity contribution is 9.10. The maximum absolute atomic E-state index is 14.3. The molecule has 0 radical (unpaired) electrons. The Morgan fingerprint density at radius 3 is 2.12 bits per heavy atom. The average molecular weight is 683 g/mol. The van der Waals surface area contributed by atoms with E-state index < -0.39 is 28.5 Å². The highest BCUT2D eigenvalue weighted by Crippen LogP contribution is 2.28. The number of hydrogen-bond acceptors (Lipinski definition) is 4. The largest absolute Gasteiger partial charge is 0.357 e. The van der Waals surface area contributed by atoms with Crippen LogP contribution in [0.5, 0.6) is 0 Å². The van der Waals surface area contributed by atoms with Crippen LogP contribution < -0.4 is 9.62 Å². The zero-order valence-corrected chi connectivity index (χ0v) is 27.3. The first-order valence-electron chi connectivity index (χ1n) is 13.6. The van der Waals surface area contributed by atoms with E-state index in [9.17, 15) is 18.0 Å². The summed E-state index contributed by atoms with van der Waals surface area (Å²) < 4.78 is 30.1. The fraction of sp³-hybridized carbons (Fsp3) is 0.212. The van der Waals surface area contributed by atoms with Gasteiger partial charge in [0.1, 0.15) is 12.6 Å². The monoisotopic (exact) mass is 681 g/mol. The van der Waals surface area contributed by atoms with E-state index in [0.29, 0.717) is 10.7 Å². The molecule has 0 aliphatic rings. The number of nitrogens with one attached hydrogen (secondary N) is 1. The van der Waals surface area contributed by atoms with Crippen molar-refractivity contribution in [3.63, 3.8) is 0 Å². The molecule has 0 unspecified atom stereocenters. The molecule has 0 bridgehead atoms. The van der Waals surface area contributed by atoms with E-state index in [-0.39, 0.29) is 23.8 Å². The summed E-state index contributed by atoms with van der Waals surface area (Å²) in [6, 6.07) is 27.0. The molecular weight excluding hydrogens is 650 g/mol.